The molecule has 0 aliphatic heterocycles. The molecule has 0 fully saturated rings. The summed E-state index contributed by atoms with van der Waals surface area (Å²) in [7, 11) is 1.69. The number of nitrogens with zero attached hydrogens (tertiary/aromatic N) is 2. The van der Waals surface area contributed by atoms with E-state index >= 15 is 0 Å². The van der Waals surface area contributed by atoms with E-state index in [1.807, 2.05) is 0 Å². The van der Waals surface area contributed by atoms with Gasteiger partial charge >= 0.3 is 5.97 Å². The smallest absolute Gasteiger partial charge is 0.328 e. The standard InChI is InChI=1S/C14H13N3O3/c1-17-12(8-9-15-17)14(20)16-11-5-2-10(3-6-11)4-7-13(18)19/h2-9H,1H3,(H,16,20)(H,18,19)/b7-4+. The van der Waals surface area contributed by atoms with Gasteiger partial charge in [-0.15, -0.1) is 0 Å². The molecule has 2 aromatic rings. The third kappa shape index (κ3) is 3.32. The van der Waals surface area contributed by atoms with Crippen LogP contribution in [0.1, 0.15) is 16.1 Å². The van der Waals surface area contributed by atoms with E-state index in [1.54, 1.807) is 43.6 Å². The summed E-state index contributed by atoms with van der Waals surface area (Å²) in [5.41, 5.74) is 1.83. The number of carbonyl (C=O) groups is 2. The van der Waals surface area contributed by atoms with Crippen LogP contribution in [-0.4, -0.2) is 26.8 Å². The van der Waals surface area contributed by atoms with Crippen LogP contribution < -0.4 is 5.32 Å². The molecule has 0 aliphatic rings. The first-order valence-corrected chi connectivity index (χ1v) is 5.86. The van der Waals surface area contributed by atoms with E-state index in [2.05, 4.69) is 10.4 Å². The van der Waals surface area contributed by atoms with Gasteiger partial charge in [0.15, 0.2) is 0 Å². The van der Waals surface area contributed by atoms with Crippen molar-refractivity contribution < 1.29 is 14.7 Å². The number of anilines is 1. The largest absolute Gasteiger partial charge is 0.478 e. The number of amides is 1. The Kier molecular flexibility index (Phi) is 3.95. The zero-order valence-corrected chi connectivity index (χ0v) is 10.8. The second kappa shape index (κ2) is 5.83. The third-order valence-electron chi connectivity index (χ3n) is 2.64. The number of aromatic nitrogens is 2. The van der Waals surface area contributed by atoms with E-state index in [1.165, 1.54) is 10.8 Å². The first-order valence-electron chi connectivity index (χ1n) is 5.86. The Balaban J connectivity index is 2.06. The molecular formula is C14H13N3O3. The molecule has 6 nitrogen and oxygen atoms in total. The normalized spacial score (nSPS) is 10.7. The number of aliphatic carboxylic acids is 1. The Morgan fingerprint density at radius 3 is 2.50 bits per heavy atom. The molecule has 0 saturated heterocycles. The monoisotopic (exact) mass is 271 g/mol. The highest BCUT2D eigenvalue weighted by atomic mass is 16.4. The highest BCUT2D eigenvalue weighted by molar-refractivity contribution is 6.03. The van der Waals surface area contributed by atoms with Crippen LogP contribution in [0.4, 0.5) is 5.69 Å². The van der Waals surface area contributed by atoms with Gasteiger partial charge in [-0.1, -0.05) is 12.1 Å². The van der Waals surface area contributed by atoms with Crippen molar-refractivity contribution in [3.63, 3.8) is 0 Å². The lowest BCUT2D eigenvalue weighted by molar-refractivity contribution is -0.131. The summed E-state index contributed by atoms with van der Waals surface area (Å²) in [6, 6.07) is 8.47. The molecule has 2 rings (SSSR count). The van der Waals surface area contributed by atoms with Gasteiger partial charge in [0.25, 0.3) is 5.91 Å². The van der Waals surface area contributed by atoms with Crippen molar-refractivity contribution in [2.45, 2.75) is 0 Å². The lowest BCUT2D eigenvalue weighted by atomic mass is 10.2. The second-order valence-electron chi connectivity index (χ2n) is 4.09. The molecule has 20 heavy (non-hydrogen) atoms. The molecule has 0 radical (unpaired) electrons. The number of carboxylic acids is 1. The molecular weight excluding hydrogens is 258 g/mol. The number of rotatable bonds is 4. The number of carboxylic acid groups (broad SMARTS) is 1. The average molecular weight is 271 g/mol. The van der Waals surface area contributed by atoms with Crippen molar-refractivity contribution in [2.24, 2.45) is 7.05 Å². The fourth-order valence-corrected chi connectivity index (χ4v) is 1.64. The number of hydrogen-bond donors (Lipinski definition) is 2. The van der Waals surface area contributed by atoms with Gasteiger partial charge in [0.2, 0.25) is 0 Å². The lowest BCUT2D eigenvalue weighted by Crippen LogP contribution is -2.15. The predicted molar refractivity (Wildman–Crippen MR) is 74.3 cm³/mol. The molecule has 102 valence electrons. The summed E-state index contributed by atoms with van der Waals surface area (Å²) in [6.45, 7) is 0. The van der Waals surface area contributed by atoms with Crippen LogP contribution in [0.2, 0.25) is 0 Å². The minimum Gasteiger partial charge on any atom is -0.478 e. The molecule has 1 aromatic carbocycles. The van der Waals surface area contributed by atoms with E-state index in [-0.39, 0.29) is 5.91 Å². The summed E-state index contributed by atoms with van der Waals surface area (Å²) in [5, 5.41) is 15.2. The van der Waals surface area contributed by atoms with Gasteiger partial charge in [-0.25, -0.2) is 4.79 Å². The molecule has 1 amide bonds. The minimum absolute atomic E-state index is 0.251. The summed E-state index contributed by atoms with van der Waals surface area (Å²) in [4.78, 5) is 22.3. The minimum atomic E-state index is -1.00. The van der Waals surface area contributed by atoms with Crippen LogP contribution in [-0.2, 0) is 11.8 Å². The quantitative estimate of drug-likeness (QED) is 0.830. The maximum atomic E-state index is 11.9. The van der Waals surface area contributed by atoms with E-state index < -0.39 is 5.97 Å². The Bertz CT molecular complexity index is 657. The number of carbonyl (C=O) groups excluding carboxylic acids is 1. The van der Waals surface area contributed by atoms with Crippen LogP contribution in [0.15, 0.2) is 42.6 Å². The van der Waals surface area contributed by atoms with Crippen molar-refractivity contribution in [3.8, 4) is 0 Å². The maximum absolute atomic E-state index is 11.9. The van der Waals surface area contributed by atoms with E-state index in [9.17, 15) is 9.59 Å². The van der Waals surface area contributed by atoms with Crippen molar-refractivity contribution in [1.29, 1.82) is 0 Å². The van der Waals surface area contributed by atoms with E-state index in [0.29, 0.717) is 11.4 Å². The van der Waals surface area contributed by atoms with Gasteiger partial charge in [-0.05, 0) is 29.8 Å². The molecule has 0 aliphatic carbocycles. The molecule has 1 heterocycles. The average Bonchev–Trinajstić information content (AvgIpc) is 2.84. The molecule has 0 atom stereocenters. The van der Waals surface area contributed by atoms with Gasteiger partial charge in [-0.2, -0.15) is 5.10 Å². The Morgan fingerprint density at radius 1 is 1.25 bits per heavy atom. The zero-order valence-electron chi connectivity index (χ0n) is 10.8. The maximum Gasteiger partial charge on any atom is 0.328 e. The van der Waals surface area contributed by atoms with Gasteiger partial charge in [0, 0.05) is 25.0 Å². The van der Waals surface area contributed by atoms with Crippen LogP contribution in [0.3, 0.4) is 0 Å². The van der Waals surface area contributed by atoms with Gasteiger partial charge < -0.3 is 10.4 Å². The summed E-state index contributed by atoms with van der Waals surface area (Å²) < 4.78 is 1.49. The van der Waals surface area contributed by atoms with E-state index in [0.717, 1.165) is 11.6 Å². The van der Waals surface area contributed by atoms with Crippen molar-refractivity contribution >= 4 is 23.6 Å². The van der Waals surface area contributed by atoms with Crippen molar-refractivity contribution in [3.05, 3.63) is 53.9 Å². The molecule has 1 aromatic heterocycles. The molecule has 0 unspecified atom stereocenters. The predicted octanol–water partition coefficient (Wildman–Crippen LogP) is 1.77. The van der Waals surface area contributed by atoms with Crippen LogP contribution in [0.25, 0.3) is 6.08 Å². The fourth-order valence-electron chi connectivity index (χ4n) is 1.64. The number of nitrogens with one attached hydrogen (secondary N) is 1. The number of aryl methyl sites for hydroxylation is 1. The third-order valence-corrected chi connectivity index (χ3v) is 2.64. The van der Waals surface area contributed by atoms with Gasteiger partial charge in [-0.3, -0.25) is 9.48 Å². The van der Waals surface area contributed by atoms with Crippen LogP contribution >= 0.6 is 0 Å². The Labute approximate surface area is 115 Å². The van der Waals surface area contributed by atoms with Gasteiger partial charge in [0.05, 0.1) is 0 Å². The second-order valence-corrected chi connectivity index (χ2v) is 4.09. The molecule has 0 spiro atoms. The Hall–Kier alpha value is -2.89. The molecule has 0 saturated carbocycles. The molecule has 6 heteroatoms. The summed E-state index contributed by atoms with van der Waals surface area (Å²) >= 11 is 0. The zero-order chi connectivity index (χ0) is 14.5. The Morgan fingerprint density at radius 2 is 1.95 bits per heavy atom. The van der Waals surface area contributed by atoms with Gasteiger partial charge in [0.1, 0.15) is 5.69 Å². The lowest BCUT2D eigenvalue weighted by Gasteiger charge is -2.05. The first-order chi connectivity index (χ1) is 9.56. The highest BCUT2D eigenvalue weighted by Gasteiger charge is 2.09. The molecule has 0 bridgehead atoms. The highest BCUT2D eigenvalue weighted by Crippen LogP contribution is 2.12. The fraction of sp³-hybridized carbons (Fsp3) is 0.0714. The van der Waals surface area contributed by atoms with Crippen molar-refractivity contribution in [2.75, 3.05) is 5.32 Å². The van der Waals surface area contributed by atoms with Crippen LogP contribution in [0.5, 0.6) is 0 Å². The SMILES string of the molecule is Cn1nccc1C(=O)Nc1ccc(/C=C/C(=O)O)cc1. The van der Waals surface area contributed by atoms with Crippen LogP contribution in [0, 0.1) is 0 Å². The summed E-state index contributed by atoms with van der Waals surface area (Å²) in [6.07, 6.45) is 4.09. The summed E-state index contributed by atoms with van der Waals surface area (Å²) in [5.74, 6) is -1.25. The number of hydrogen-bond acceptors (Lipinski definition) is 3. The number of benzene rings is 1. The topological polar surface area (TPSA) is 84.2 Å². The van der Waals surface area contributed by atoms with E-state index in [4.69, 9.17) is 5.11 Å². The first kappa shape index (κ1) is 13.5. The molecule has 2 N–H and O–H groups in total. The van der Waals surface area contributed by atoms with Crippen molar-refractivity contribution in [1.82, 2.24) is 9.78 Å².